The summed E-state index contributed by atoms with van der Waals surface area (Å²) in [6, 6.07) is 14.4. The van der Waals surface area contributed by atoms with Crippen molar-refractivity contribution < 1.29 is 9.13 Å². The molecule has 6 heteroatoms. The van der Waals surface area contributed by atoms with Crippen LogP contribution in [0.2, 0.25) is 0 Å². The third-order valence-corrected chi connectivity index (χ3v) is 4.20. The van der Waals surface area contributed by atoms with Crippen molar-refractivity contribution in [1.82, 2.24) is 15.1 Å². The summed E-state index contributed by atoms with van der Waals surface area (Å²) in [4.78, 5) is 0. The third-order valence-electron chi connectivity index (χ3n) is 4.20. The predicted molar refractivity (Wildman–Crippen MR) is 97.9 cm³/mol. The molecule has 1 saturated heterocycles. The Bertz CT molecular complexity index is 830. The summed E-state index contributed by atoms with van der Waals surface area (Å²) in [5, 5.41) is 8.78. The largest absolute Gasteiger partial charge is 0.473 e. The summed E-state index contributed by atoms with van der Waals surface area (Å²) >= 11 is 0. The summed E-state index contributed by atoms with van der Waals surface area (Å²) < 4.78 is 21.9. The fourth-order valence-electron chi connectivity index (χ4n) is 3.00. The molecule has 1 N–H and O–H groups in total. The number of para-hydroxylation sites is 2. The lowest BCUT2D eigenvalue weighted by Gasteiger charge is -2.22. The number of aromatic nitrogens is 2. The van der Waals surface area contributed by atoms with Gasteiger partial charge in [0.15, 0.2) is 0 Å². The number of piperidine rings is 1. The van der Waals surface area contributed by atoms with Crippen LogP contribution in [0, 0.1) is 5.82 Å². The molecule has 1 aliphatic rings. The smallest absolute Gasteiger partial charge is 0.241 e. The van der Waals surface area contributed by atoms with E-state index in [-0.39, 0.29) is 28.9 Å². The zero-order chi connectivity index (χ0) is 15.6. The van der Waals surface area contributed by atoms with Gasteiger partial charge in [-0.3, -0.25) is 0 Å². The Kier molecular flexibility index (Phi) is 5.16. The SMILES string of the molecule is Br.Fc1ccccc1-n1nc(OC2CCNCC2)c2ccccc21. The van der Waals surface area contributed by atoms with Gasteiger partial charge in [-0.15, -0.1) is 22.1 Å². The van der Waals surface area contributed by atoms with Gasteiger partial charge in [0.25, 0.3) is 0 Å². The first-order valence-electron chi connectivity index (χ1n) is 7.93. The minimum Gasteiger partial charge on any atom is -0.473 e. The first kappa shape index (κ1) is 16.9. The van der Waals surface area contributed by atoms with E-state index in [9.17, 15) is 4.39 Å². The Morgan fingerprint density at radius 1 is 1.04 bits per heavy atom. The van der Waals surface area contributed by atoms with E-state index < -0.39 is 0 Å². The lowest BCUT2D eigenvalue weighted by atomic mass is 10.1. The maximum Gasteiger partial charge on any atom is 0.241 e. The van der Waals surface area contributed by atoms with Crippen molar-refractivity contribution in [3.63, 3.8) is 0 Å². The maximum absolute atomic E-state index is 14.2. The standard InChI is InChI=1S/C18H18FN3O.BrH/c19-15-6-2-4-8-17(15)22-16-7-3-1-5-14(16)18(21-22)23-13-9-11-20-12-10-13;/h1-8,13,20H,9-12H2;1H. The van der Waals surface area contributed by atoms with Crippen molar-refractivity contribution in [3.05, 3.63) is 54.3 Å². The number of fused-ring (bicyclic) bond motifs is 1. The average molecular weight is 392 g/mol. The monoisotopic (exact) mass is 391 g/mol. The minimum absolute atomic E-state index is 0. The summed E-state index contributed by atoms with van der Waals surface area (Å²) in [5.74, 6) is 0.282. The molecule has 2 aromatic carbocycles. The molecule has 0 aliphatic carbocycles. The van der Waals surface area contributed by atoms with Gasteiger partial charge < -0.3 is 10.1 Å². The van der Waals surface area contributed by atoms with Crippen LogP contribution in [0.15, 0.2) is 48.5 Å². The van der Waals surface area contributed by atoms with Crippen LogP contribution in [0.3, 0.4) is 0 Å². The van der Waals surface area contributed by atoms with Gasteiger partial charge in [-0.1, -0.05) is 24.3 Å². The molecule has 0 spiro atoms. The van der Waals surface area contributed by atoms with Crippen molar-refractivity contribution >= 4 is 27.9 Å². The highest BCUT2D eigenvalue weighted by atomic mass is 79.9. The molecule has 0 bridgehead atoms. The average Bonchev–Trinajstić information content (AvgIpc) is 2.95. The third kappa shape index (κ3) is 3.16. The van der Waals surface area contributed by atoms with Gasteiger partial charge in [-0.25, -0.2) is 9.07 Å². The van der Waals surface area contributed by atoms with E-state index in [0.717, 1.165) is 36.8 Å². The van der Waals surface area contributed by atoms with Gasteiger partial charge >= 0.3 is 0 Å². The first-order chi connectivity index (χ1) is 11.3. The Labute approximate surface area is 150 Å². The van der Waals surface area contributed by atoms with E-state index in [0.29, 0.717) is 11.6 Å². The molecule has 2 heterocycles. The highest BCUT2D eigenvalue weighted by Gasteiger charge is 2.20. The highest BCUT2D eigenvalue weighted by molar-refractivity contribution is 8.93. The van der Waals surface area contributed by atoms with Crippen molar-refractivity contribution in [2.45, 2.75) is 18.9 Å². The molecule has 1 aliphatic heterocycles. The molecule has 3 aromatic rings. The molecule has 0 atom stereocenters. The Morgan fingerprint density at radius 2 is 1.75 bits per heavy atom. The Morgan fingerprint density at radius 3 is 2.54 bits per heavy atom. The molecular formula is C18H19BrFN3O. The fraction of sp³-hybridized carbons (Fsp3) is 0.278. The zero-order valence-electron chi connectivity index (χ0n) is 13.1. The van der Waals surface area contributed by atoms with Gasteiger partial charge in [-0.05, 0) is 50.2 Å². The van der Waals surface area contributed by atoms with Crippen LogP contribution in [0.1, 0.15) is 12.8 Å². The molecule has 0 saturated carbocycles. The van der Waals surface area contributed by atoms with Crippen LogP contribution in [0.4, 0.5) is 4.39 Å². The van der Waals surface area contributed by atoms with E-state index in [4.69, 9.17) is 4.74 Å². The molecule has 4 rings (SSSR count). The fourth-order valence-corrected chi connectivity index (χ4v) is 3.00. The highest BCUT2D eigenvalue weighted by Crippen LogP contribution is 2.29. The molecule has 0 unspecified atom stereocenters. The second kappa shape index (κ2) is 7.32. The van der Waals surface area contributed by atoms with Crippen LogP contribution >= 0.6 is 17.0 Å². The maximum atomic E-state index is 14.2. The molecular weight excluding hydrogens is 373 g/mol. The topological polar surface area (TPSA) is 39.1 Å². The predicted octanol–water partition coefficient (Wildman–Crippen LogP) is 3.87. The normalized spacial score (nSPS) is 15.2. The molecule has 1 fully saturated rings. The van der Waals surface area contributed by atoms with Gasteiger partial charge in [0.2, 0.25) is 5.88 Å². The molecule has 4 nitrogen and oxygen atoms in total. The van der Waals surface area contributed by atoms with E-state index in [2.05, 4.69) is 10.4 Å². The minimum atomic E-state index is -0.297. The van der Waals surface area contributed by atoms with E-state index in [1.165, 1.54) is 6.07 Å². The number of hydrogen-bond acceptors (Lipinski definition) is 3. The van der Waals surface area contributed by atoms with Crippen LogP contribution in [0.25, 0.3) is 16.6 Å². The lowest BCUT2D eigenvalue weighted by molar-refractivity contribution is 0.157. The van der Waals surface area contributed by atoms with Crippen LogP contribution < -0.4 is 10.1 Å². The van der Waals surface area contributed by atoms with Crippen LogP contribution in [0.5, 0.6) is 5.88 Å². The molecule has 1 aromatic heterocycles. The van der Waals surface area contributed by atoms with Gasteiger partial charge in [0, 0.05) is 0 Å². The number of ether oxygens (including phenoxy) is 1. The van der Waals surface area contributed by atoms with Gasteiger partial charge in [-0.2, -0.15) is 0 Å². The van der Waals surface area contributed by atoms with Crippen LogP contribution in [-0.4, -0.2) is 29.0 Å². The quantitative estimate of drug-likeness (QED) is 0.736. The van der Waals surface area contributed by atoms with E-state index in [1.807, 2.05) is 30.3 Å². The zero-order valence-corrected chi connectivity index (χ0v) is 14.8. The summed E-state index contributed by atoms with van der Waals surface area (Å²) in [7, 11) is 0. The van der Waals surface area contributed by atoms with Gasteiger partial charge in [0.05, 0.1) is 10.9 Å². The number of halogens is 2. The Balaban J connectivity index is 0.00000169. The second-order valence-corrected chi connectivity index (χ2v) is 5.75. The number of hydrogen-bond donors (Lipinski definition) is 1. The summed E-state index contributed by atoms with van der Waals surface area (Å²) in [6.45, 7) is 1.91. The van der Waals surface area contributed by atoms with Crippen molar-refractivity contribution in [2.24, 2.45) is 0 Å². The van der Waals surface area contributed by atoms with Crippen LogP contribution in [-0.2, 0) is 0 Å². The molecule has 24 heavy (non-hydrogen) atoms. The first-order valence-corrected chi connectivity index (χ1v) is 7.93. The van der Waals surface area contributed by atoms with E-state index >= 15 is 0 Å². The molecule has 0 radical (unpaired) electrons. The summed E-state index contributed by atoms with van der Waals surface area (Å²) in [5.41, 5.74) is 1.28. The van der Waals surface area contributed by atoms with Crippen molar-refractivity contribution in [2.75, 3.05) is 13.1 Å². The van der Waals surface area contributed by atoms with Gasteiger partial charge in [0.1, 0.15) is 17.6 Å². The Hall–Kier alpha value is -1.92. The van der Waals surface area contributed by atoms with E-state index in [1.54, 1.807) is 16.8 Å². The number of rotatable bonds is 3. The molecule has 0 amide bonds. The molecule has 126 valence electrons. The number of nitrogens with one attached hydrogen (secondary N) is 1. The number of benzene rings is 2. The van der Waals surface area contributed by atoms with Crippen molar-refractivity contribution in [3.8, 4) is 11.6 Å². The summed E-state index contributed by atoms with van der Waals surface area (Å²) in [6.07, 6.45) is 2.07. The second-order valence-electron chi connectivity index (χ2n) is 5.75. The van der Waals surface area contributed by atoms with Crippen molar-refractivity contribution in [1.29, 1.82) is 0 Å². The lowest BCUT2D eigenvalue weighted by Crippen LogP contribution is -2.34. The number of nitrogens with zero attached hydrogens (tertiary/aromatic N) is 2.